The molecule has 22 heavy (non-hydrogen) atoms. The number of likely N-dealkylation sites (tertiary alicyclic amines) is 1. The molecule has 1 aliphatic heterocycles. The molecular formula is C16H24N2O3S. The van der Waals surface area contributed by atoms with Crippen LogP contribution in [0.1, 0.15) is 24.8 Å². The summed E-state index contributed by atoms with van der Waals surface area (Å²) in [6, 6.07) is 7.98. The van der Waals surface area contributed by atoms with Crippen LogP contribution in [0.15, 0.2) is 24.3 Å². The number of nitrogens with one attached hydrogen (secondary N) is 1. The number of methoxy groups -OCH3 is 1. The lowest BCUT2D eigenvalue weighted by atomic mass is 10.1. The number of rotatable bonds is 7. The number of sulfonamides is 1. The van der Waals surface area contributed by atoms with Crippen molar-refractivity contribution >= 4 is 10.0 Å². The molecule has 0 aromatic heterocycles. The van der Waals surface area contributed by atoms with Gasteiger partial charge in [-0.1, -0.05) is 12.1 Å². The Labute approximate surface area is 132 Å². The third-order valence-electron chi connectivity index (χ3n) is 4.46. The van der Waals surface area contributed by atoms with Gasteiger partial charge in [-0.25, -0.2) is 13.1 Å². The number of ether oxygens (including phenoxy) is 1. The molecule has 2 fully saturated rings. The van der Waals surface area contributed by atoms with Crippen LogP contribution in [0.2, 0.25) is 0 Å². The minimum absolute atomic E-state index is 0.00323. The molecule has 5 nitrogen and oxygen atoms in total. The average molecular weight is 324 g/mol. The number of hydrogen-bond donors (Lipinski definition) is 1. The summed E-state index contributed by atoms with van der Waals surface area (Å²) in [4.78, 5) is 2.50. The van der Waals surface area contributed by atoms with Gasteiger partial charge in [0, 0.05) is 19.1 Å². The van der Waals surface area contributed by atoms with Gasteiger partial charge in [-0.05, 0) is 49.4 Å². The SMILES string of the molecule is COc1cccc(CS(=O)(=O)NC[C@H]2CCN(C3CC3)C2)c1. The van der Waals surface area contributed by atoms with Crippen LogP contribution in [0.5, 0.6) is 5.75 Å². The standard InChI is InChI=1S/C16H24N2O3S/c1-21-16-4-2-3-13(9-16)12-22(19,20)17-10-14-7-8-18(11-14)15-5-6-15/h2-4,9,14-15,17H,5-8,10-12H2,1H3/t14-/m1/s1. The molecule has 1 aliphatic carbocycles. The van der Waals surface area contributed by atoms with Crippen molar-refractivity contribution in [3.8, 4) is 5.75 Å². The topological polar surface area (TPSA) is 58.6 Å². The Morgan fingerprint density at radius 1 is 1.32 bits per heavy atom. The van der Waals surface area contributed by atoms with Crippen molar-refractivity contribution in [2.45, 2.75) is 31.1 Å². The Hall–Kier alpha value is -1.11. The highest BCUT2D eigenvalue weighted by Crippen LogP contribution is 2.31. The quantitative estimate of drug-likeness (QED) is 0.828. The Morgan fingerprint density at radius 2 is 2.14 bits per heavy atom. The molecule has 1 N–H and O–H groups in total. The normalized spacial score (nSPS) is 22.9. The molecule has 122 valence electrons. The van der Waals surface area contributed by atoms with Crippen molar-refractivity contribution in [3.63, 3.8) is 0 Å². The van der Waals surface area contributed by atoms with E-state index >= 15 is 0 Å². The van der Waals surface area contributed by atoms with Crippen molar-refractivity contribution in [1.82, 2.24) is 9.62 Å². The third-order valence-corrected chi connectivity index (χ3v) is 5.78. The second-order valence-corrected chi connectivity index (χ2v) is 8.15. The number of benzene rings is 1. The van der Waals surface area contributed by atoms with Gasteiger partial charge in [0.1, 0.15) is 5.75 Å². The Balaban J connectivity index is 1.50. The minimum Gasteiger partial charge on any atom is -0.497 e. The Bertz CT molecular complexity index is 614. The fourth-order valence-electron chi connectivity index (χ4n) is 3.08. The van der Waals surface area contributed by atoms with Crippen molar-refractivity contribution in [1.29, 1.82) is 0 Å². The van der Waals surface area contributed by atoms with Crippen LogP contribution in [0, 0.1) is 5.92 Å². The van der Waals surface area contributed by atoms with E-state index < -0.39 is 10.0 Å². The van der Waals surface area contributed by atoms with Crippen LogP contribution in [0.3, 0.4) is 0 Å². The monoisotopic (exact) mass is 324 g/mol. The zero-order chi connectivity index (χ0) is 15.6. The van der Waals surface area contributed by atoms with Crippen LogP contribution >= 0.6 is 0 Å². The molecule has 1 aromatic rings. The van der Waals surface area contributed by atoms with Crippen LogP contribution in [-0.2, 0) is 15.8 Å². The summed E-state index contributed by atoms with van der Waals surface area (Å²) in [5, 5.41) is 0. The van der Waals surface area contributed by atoms with E-state index in [2.05, 4.69) is 9.62 Å². The molecule has 1 aromatic carbocycles. The average Bonchev–Trinajstić information content (AvgIpc) is 3.24. The first kappa shape index (κ1) is 15.8. The molecule has 0 bridgehead atoms. The van der Waals surface area contributed by atoms with E-state index in [9.17, 15) is 8.42 Å². The predicted octanol–water partition coefficient (Wildman–Crippen LogP) is 1.60. The highest BCUT2D eigenvalue weighted by molar-refractivity contribution is 7.88. The first-order chi connectivity index (χ1) is 10.6. The van der Waals surface area contributed by atoms with E-state index in [1.165, 1.54) is 12.8 Å². The molecule has 6 heteroatoms. The maximum absolute atomic E-state index is 12.2. The maximum atomic E-state index is 12.2. The van der Waals surface area contributed by atoms with Gasteiger partial charge < -0.3 is 9.64 Å². The molecule has 3 rings (SSSR count). The molecule has 2 aliphatic rings. The first-order valence-electron chi connectivity index (χ1n) is 7.90. The molecule has 1 saturated heterocycles. The van der Waals surface area contributed by atoms with Gasteiger partial charge in [0.25, 0.3) is 0 Å². The van der Waals surface area contributed by atoms with E-state index in [0.717, 1.165) is 31.1 Å². The lowest BCUT2D eigenvalue weighted by molar-refractivity contribution is 0.314. The van der Waals surface area contributed by atoms with Crippen molar-refractivity contribution in [2.75, 3.05) is 26.7 Å². The number of nitrogens with zero attached hydrogens (tertiary/aromatic N) is 1. The minimum atomic E-state index is -3.29. The Morgan fingerprint density at radius 3 is 2.86 bits per heavy atom. The smallest absolute Gasteiger partial charge is 0.215 e. The van der Waals surface area contributed by atoms with Crippen molar-refractivity contribution in [2.24, 2.45) is 5.92 Å². The summed E-state index contributed by atoms with van der Waals surface area (Å²) in [5.74, 6) is 1.13. The van der Waals surface area contributed by atoms with E-state index in [4.69, 9.17) is 4.74 Å². The molecule has 0 amide bonds. The van der Waals surface area contributed by atoms with E-state index in [-0.39, 0.29) is 5.75 Å². The highest BCUT2D eigenvalue weighted by Gasteiger charge is 2.34. The zero-order valence-corrected chi connectivity index (χ0v) is 13.8. The summed E-state index contributed by atoms with van der Waals surface area (Å²) in [6.07, 6.45) is 3.72. The van der Waals surface area contributed by atoms with Crippen LogP contribution in [0.4, 0.5) is 0 Å². The Kier molecular flexibility index (Phi) is 4.70. The summed E-state index contributed by atoms with van der Waals surface area (Å²) >= 11 is 0. The third kappa shape index (κ3) is 4.21. The van der Waals surface area contributed by atoms with Gasteiger partial charge in [-0.15, -0.1) is 0 Å². The molecular weight excluding hydrogens is 300 g/mol. The van der Waals surface area contributed by atoms with Gasteiger partial charge in [0.2, 0.25) is 10.0 Å². The molecule has 0 unspecified atom stereocenters. The largest absolute Gasteiger partial charge is 0.497 e. The van der Waals surface area contributed by atoms with Gasteiger partial charge >= 0.3 is 0 Å². The van der Waals surface area contributed by atoms with Crippen molar-refractivity contribution < 1.29 is 13.2 Å². The van der Waals surface area contributed by atoms with Gasteiger partial charge in [0.05, 0.1) is 12.9 Å². The summed E-state index contributed by atoms with van der Waals surface area (Å²) < 4.78 is 32.3. The number of hydrogen-bond acceptors (Lipinski definition) is 4. The lowest BCUT2D eigenvalue weighted by Crippen LogP contribution is -2.32. The van der Waals surface area contributed by atoms with Crippen LogP contribution < -0.4 is 9.46 Å². The van der Waals surface area contributed by atoms with Crippen LogP contribution in [-0.4, -0.2) is 46.1 Å². The molecule has 0 radical (unpaired) electrons. The van der Waals surface area contributed by atoms with Gasteiger partial charge in [-0.3, -0.25) is 0 Å². The second-order valence-electron chi connectivity index (χ2n) is 6.34. The maximum Gasteiger partial charge on any atom is 0.215 e. The fraction of sp³-hybridized carbons (Fsp3) is 0.625. The molecule has 1 atom stereocenters. The summed E-state index contributed by atoms with van der Waals surface area (Å²) in [5.41, 5.74) is 0.748. The van der Waals surface area contributed by atoms with Gasteiger partial charge in [-0.2, -0.15) is 0 Å². The summed E-state index contributed by atoms with van der Waals surface area (Å²) in [7, 11) is -1.71. The zero-order valence-electron chi connectivity index (χ0n) is 13.0. The first-order valence-corrected chi connectivity index (χ1v) is 9.55. The van der Waals surface area contributed by atoms with E-state index in [1.54, 1.807) is 13.2 Å². The fourth-order valence-corrected chi connectivity index (χ4v) is 4.29. The van der Waals surface area contributed by atoms with Crippen LogP contribution in [0.25, 0.3) is 0 Å². The lowest BCUT2D eigenvalue weighted by Gasteiger charge is -2.15. The highest BCUT2D eigenvalue weighted by atomic mass is 32.2. The van der Waals surface area contributed by atoms with E-state index in [0.29, 0.717) is 18.2 Å². The molecule has 0 spiro atoms. The second kappa shape index (κ2) is 6.56. The van der Waals surface area contributed by atoms with E-state index in [1.807, 2.05) is 18.2 Å². The van der Waals surface area contributed by atoms with Gasteiger partial charge in [0.15, 0.2) is 0 Å². The predicted molar refractivity (Wildman–Crippen MR) is 86.3 cm³/mol. The molecule has 1 heterocycles. The van der Waals surface area contributed by atoms with Crippen molar-refractivity contribution in [3.05, 3.63) is 29.8 Å². The molecule has 1 saturated carbocycles. The summed E-state index contributed by atoms with van der Waals surface area (Å²) in [6.45, 7) is 2.70.